The quantitative estimate of drug-likeness (QED) is 0.873. The van der Waals surface area contributed by atoms with Crippen molar-refractivity contribution >= 4 is 50.1 Å². The number of amides is 1. The minimum atomic E-state index is -0.101. The highest BCUT2D eigenvalue weighted by molar-refractivity contribution is 9.10. The summed E-state index contributed by atoms with van der Waals surface area (Å²) in [5.74, 6) is 1.95. The van der Waals surface area contributed by atoms with E-state index < -0.39 is 0 Å². The Kier molecular flexibility index (Phi) is 4.29. The maximum absolute atomic E-state index is 12.3. The topological polar surface area (TPSA) is 41.1 Å². The molecule has 3 rings (SSSR count). The van der Waals surface area contributed by atoms with Crippen molar-refractivity contribution in [2.45, 2.75) is 6.04 Å². The molecule has 5 heteroatoms. The van der Waals surface area contributed by atoms with Crippen LogP contribution < -0.4 is 10.6 Å². The Morgan fingerprint density at radius 2 is 2.05 bits per heavy atom. The van der Waals surface area contributed by atoms with Crippen molar-refractivity contribution in [1.82, 2.24) is 5.32 Å². The van der Waals surface area contributed by atoms with E-state index in [4.69, 9.17) is 0 Å². The molecule has 1 saturated heterocycles. The van der Waals surface area contributed by atoms with E-state index in [0.29, 0.717) is 0 Å². The Bertz CT molecular complexity index is 641. The third-order valence-electron chi connectivity index (χ3n) is 3.37. The standard InChI is InChI=1S/C15H15BrN2OS/c16-12-5-6-13(11-4-2-1-3-10(11)12)18-15(19)14-9-20-8-7-17-14/h1-6,14,17H,7-9H2,(H,18,19). The van der Waals surface area contributed by atoms with Gasteiger partial charge in [0, 0.05) is 33.6 Å². The molecule has 1 atom stereocenters. The molecule has 1 heterocycles. The third kappa shape index (κ3) is 2.85. The zero-order chi connectivity index (χ0) is 13.9. The Labute approximate surface area is 130 Å². The molecule has 3 nitrogen and oxygen atoms in total. The van der Waals surface area contributed by atoms with Gasteiger partial charge in [-0.3, -0.25) is 4.79 Å². The second kappa shape index (κ2) is 6.16. The number of benzene rings is 2. The van der Waals surface area contributed by atoms with Crippen LogP contribution in [-0.2, 0) is 4.79 Å². The van der Waals surface area contributed by atoms with E-state index in [9.17, 15) is 4.79 Å². The van der Waals surface area contributed by atoms with Crippen molar-refractivity contribution in [3.63, 3.8) is 0 Å². The molecule has 0 spiro atoms. The van der Waals surface area contributed by atoms with Crippen LogP contribution in [0.25, 0.3) is 10.8 Å². The smallest absolute Gasteiger partial charge is 0.242 e. The van der Waals surface area contributed by atoms with Gasteiger partial charge in [-0.05, 0) is 17.5 Å². The molecule has 104 valence electrons. The monoisotopic (exact) mass is 350 g/mol. The molecule has 2 aromatic carbocycles. The summed E-state index contributed by atoms with van der Waals surface area (Å²) in [7, 11) is 0. The van der Waals surface area contributed by atoms with Crippen molar-refractivity contribution in [3.8, 4) is 0 Å². The minimum absolute atomic E-state index is 0.0460. The van der Waals surface area contributed by atoms with Gasteiger partial charge in [-0.1, -0.05) is 40.2 Å². The molecular formula is C15H15BrN2OS. The highest BCUT2D eigenvalue weighted by atomic mass is 79.9. The Balaban J connectivity index is 1.87. The van der Waals surface area contributed by atoms with Gasteiger partial charge in [-0.25, -0.2) is 0 Å². The predicted molar refractivity (Wildman–Crippen MR) is 89.4 cm³/mol. The number of hydrogen-bond acceptors (Lipinski definition) is 3. The van der Waals surface area contributed by atoms with Crippen LogP contribution >= 0.6 is 27.7 Å². The van der Waals surface area contributed by atoms with Crippen LogP contribution in [0.3, 0.4) is 0 Å². The molecule has 20 heavy (non-hydrogen) atoms. The summed E-state index contributed by atoms with van der Waals surface area (Å²) in [5, 5.41) is 8.46. The summed E-state index contributed by atoms with van der Waals surface area (Å²) in [4.78, 5) is 12.3. The lowest BCUT2D eigenvalue weighted by Crippen LogP contribution is -2.46. The highest BCUT2D eigenvalue weighted by Crippen LogP contribution is 2.30. The molecule has 2 aromatic rings. The molecule has 0 radical (unpaired) electrons. The number of halogens is 1. The lowest BCUT2D eigenvalue weighted by atomic mass is 10.1. The number of nitrogens with one attached hydrogen (secondary N) is 2. The van der Waals surface area contributed by atoms with E-state index in [1.54, 1.807) is 0 Å². The Morgan fingerprint density at radius 3 is 2.80 bits per heavy atom. The maximum atomic E-state index is 12.3. The number of thioether (sulfide) groups is 1. The van der Waals surface area contributed by atoms with Crippen LogP contribution in [0, 0.1) is 0 Å². The number of carbonyl (C=O) groups excluding carboxylic acids is 1. The van der Waals surface area contributed by atoms with Crippen LogP contribution in [0.5, 0.6) is 0 Å². The van der Waals surface area contributed by atoms with Crippen LogP contribution in [0.1, 0.15) is 0 Å². The fourth-order valence-electron chi connectivity index (χ4n) is 2.32. The lowest BCUT2D eigenvalue weighted by molar-refractivity contribution is -0.117. The van der Waals surface area contributed by atoms with Crippen LogP contribution in [0.15, 0.2) is 40.9 Å². The summed E-state index contributed by atoms with van der Waals surface area (Å²) >= 11 is 5.36. The first-order chi connectivity index (χ1) is 9.75. The normalized spacial score (nSPS) is 18.9. The number of rotatable bonds is 2. The third-order valence-corrected chi connectivity index (χ3v) is 5.12. The van der Waals surface area contributed by atoms with Crippen LogP contribution in [-0.4, -0.2) is 30.0 Å². The second-order valence-corrected chi connectivity index (χ2v) is 6.72. The Hall–Kier alpha value is -1.04. The van der Waals surface area contributed by atoms with Gasteiger partial charge in [0.25, 0.3) is 0 Å². The van der Waals surface area contributed by atoms with Crippen molar-refractivity contribution in [3.05, 3.63) is 40.9 Å². The summed E-state index contributed by atoms with van der Waals surface area (Å²) in [6.45, 7) is 0.893. The van der Waals surface area contributed by atoms with Crippen molar-refractivity contribution in [2.75, 3.05) is 23.4 Å². The first kappa shape index (κ1) is 13.9. The van der Waals surface area contributed by atoms with E-state index in [0.717, 1.165) is 39.0 Å². The average Bonchev–Trinajstić information content (AvgIpc) is 2.51. The molecular weight excluding hydrogens is 336 g/mol. The fraction of sp³-hybridized carbons (Fsp3) is 0.267. The molecule has 0 aromatic heterocycles. The number of carbonyl (C=O) groups is 1. The molecule has 0 saturated carbocycles. The zero-order valence-corrected chi connectivity index (χ0v) is 13.3. The molecule has 0 aliphatic carbocycles. The van der Waals surface area contributed by atoms with Gasteiger partial charge in [0.2, 0.25) is 5.91 Å². The lowest BCUT2D eigenvalue weighted by Gasteiger charge is -2.22. The zero-order valence-electron chi connectivity index (χ0n) is 10.9. The minimum Gasteiger partial charge on any atom is -0.324 e. The fourth-order valence-corrected chi connectivity index (χ4v) is 3.74. The molecule has 1 aliphatic rings. The SMILES string of the molecule is O=C(Nc1ccc(Br)c2ccccc12)C1CSCCN1. The van der Waals surface area contributed by atoms with Gasteiger partial charge < -0.3 is 10.6 Å². The summed E-state index contributed by atoms with van der Waals surface area (Å²) in [5.41, 5.74) is 0.867. The van der Waals surface area contributed by atoms with Crippen LogP contribution in [0.2, 0.25) is 0 Å². The second-order valence-electron chi connectivity index (χ2n) is 4.71. The van der Waals surface area contributed by atoms with Gasteiger partial charge in [0.15, 0.2) is 0 Å². The van der Waals surface area contributed by atoms with E-state index >= 15 is 0 Å². The van der Waals surface area contributed by atoms with E-state index in [-0.39, 0.29) is 11.9 Å². The van der Waals surface area contributed by atoms with Crippen molar-refractivity contribution < 1.29 is 4.79 Å². The maximum Gasteiger partial charge on any atom is 0.242 e. The highest BCUT2D eigenvalue weighted by Gasteiger charge is 2.21. The summed E-state index contributed by atoms with van der Waals surface area (Å²) in [6.07, 6.45) is 0. The molecule has 1 amide bonds. The molecule has 1 fully saturated rings. The molecule has 2 N–H and O–H groups in total. The van der Waals surface area contributed by atoms with Gasteiger partial charge >= 0.3 is 0 Å². The van der Waals surface area contributed by atoms with Gasteiger partial charge in [0.1, 0.15) is 0 Å². The first-order valence-corrected chi connectivity index (χ1v) is 8.50. The largest absolute Gasteiger partial charge is 0.324 e. The van der Waals surface area contributed by atoms with Gasteiger partial charge in [-0.2, -0.15) is 11.8 Å². The first-order valence-electron chi connectivity index (χ1n) is 6.55. The van der Waals surface area contributed by atoms with E-state index in [2.05, 4.69) is 26.6 Å². The number of fused-ring (bicyclic) bond motifs is 1. The number of anilines is 1. The number of hydrogen-bond donors (Lipinski definition) is 2. The van der Waals surface area contributed by atoms with E-state index in [1.165, 1.54) is 0 Å². The van der Waals surface area contributed by atoms with E-state index in [1.807, 2.05) is 48.2 Å². The summed E-state index contributed by atoms with van der Waals surface area (Å²) in [6, 6.07) is 11.9. The molecule has 1 aliphatic heterocycles. The average molecular weight is 351 g/mol. The predicted octanol–water partition coefficient (Wildman–Crippen LogP) is 3.25. The van der Waals surface area contributed by atoms with Crippen molar-refractivity contribution in [2.24, 2.45) is 0 Å². The molecule has 0 bridgehead atoms. The van der Waals surface area contributed by atoms with Crippen molar-refractivity contribution in [1.29, 1.82) is 0 Å². The van der Waals surface area contributed by atoms with Crippen LogP contribution in [0.4, 0.5) is 5.69 Å². The van der Waals surface area contributed by atoms with Gasteiger partial charge in [0.05, 0.1) is 6.04 Å². The summed E-state index contributed by atoms with van der Waals surface area (Å²) < 4.78 is 1.04. The molecule has 1 unspecified atom stereocenters. The van der Waals surface area contributed by atoms with Gasteiger partial charge in [-0.15, -0.1) is 0 Å². The Morgan fingerprint density at radius 1 is 1.25 bits per heavy atom.